The van der Waals surface area contributed by atoms with E-state index in [2.05, 4.69) is 9.88 Å². The molecule has 2 aliphatic heterocycles. The molecule has 0 aromatic carbocycles. The van der Waals surface area contributed by atoms with E-state index in [1.807, 2.05) is 17.0 Å². The summed E-state index contributed by atoms with van der Waals surface area (Å²) in [6.45, 7) is 4.51. The number of hydrogen-bond acceptors (Lipinski definition) is 5. The van der Waals surface area contributed by atoms with E-state index in [0.717, 1.165) is 55.8 Å². The number of fused-ring (bicyclic) bond motifs is 1. The SMILES string of the molecule is O=C(C1CCN(c2nccc3occc23)CC1)N1CCOCC1. The molecule has 0 saturated carbocycles. The summed E-state index contributed by atoms with van der Waals surface area (Å²) in [6, 6.07) is 3.84. The van der Waals surface area contributed by atoms with Gasteiger partial charge in [0.25, 0.3) is 0 Å². The maximum atomic E-state index is 12.6. The summed E-state index contributed by atoms with van der Waals surface area (Å²) < 4.78 is 10.8. The number of aromatic nitrogens is 1. The van der Waals surface area contributed by atoms with Crippen LogP contribution in [-0.2, 0) is 9.53 Å². The molecule has 2 aliphatic rings. The first kappa shape index (κ1) is 14.5. The average Bonchev–Trinajstić information content (AvgIpc) is 3.11. The number of hydrogen-bond donors (Lipinski definition) is 0. The van der Waals surface area contributed by atoms with Crippen molar-refractivity contribution in [1.82, 2.24) is 9.88 Å². The van der Waals surface area contributed by atoms with Crippen molar-refractivity contribution in [3.63, 3.8) is 0 Å². The van der Waals surface area contributed by atoms with Crippen molar-refractivity contribution in [3.8, 4) is 0 Å². The van der Waals surface area contributed by atoms with E-state index in [9.17, 15) is 4.79 Å². The van der Waals surface area contributed by atoms with Crippen LogP contribution in [0, 0.1) is 5.92 Å². The molecule has 2 saturated heterocycles. The summed E-state index contributed by atoms with van der Waals surface area (Å²) in [7, 11) is 0. The number of amides is 1. The maximum absolute atomic E-state index is 12.6. The lowest BCUT2D eigenvalue weighted by Crippen LogP contribution is -2.46. The second-order valence-corrected chi connectivity index (χ2v) is 6.17. The van der Waals surface area contributed by atoms with Gasteiger partial charge in [-0.05, 0) is 25.0 Å². The van der Waals surface area contributed by atoms with Crippen LogP contribution in [0.2, 0.25) is 0 Å². The Kier molecular flexibility index (Phi) is 3.91. The number of carbonyl (C=O) groups excluding carboxylic acids is 1. The number of pyridine rings is 1. The Balaban J connectivity index is 1.42. The van der Waals surface area contributed by atoms with Crippen LogP contribution in [0.15, 0.2) is 29.0 Å². The van der Waals surface area contributed by atoms with Gasteiger partial charge < -0.3 is 19.0 Å². The van der Waals surface area contributed by atoms with Crippen LogP contribution < -0.4 is 4.90 Å². The van der Waals surface area contributed by atoms with Crippen LogP contribution in [0.3, 0.4) is 0 Å². The predicted molar refractivity (Wildman–Crippen MR) is 86.3 cm³/mol. The third kappa shape index (κ3) is 2.79. The normalized spacial score (nSPS) is 20.2. The Bertz CT molecular complexity index is 685. The first-order valence-electron chi connectivity index (χ1n) is 8.26. The fourth-order valence-electron chi connectivity index (χ4n) is 3.51. The highest BCUT2D eigenvalue weighted by Gasteiger charge is 2.30. The summed E-state index contributed by atoms with van der Waals surface area (Å²) in [4.78, 5) is 21.3. The fraction of sp³-hybridized carbons (Fsp3) is 0.529. The van der Waals surface area contributed by atoms with E-state index in [1.54, 1.807) is 12.5 Å². The molecular formula is C17H21N3O3. The monoisotopic (exact) mass is 315 g/mol. The molecule has 6 heteroatoms. The van der Waals surface area contributed by atoms with Crippen molar-refractivity contribution in [3.05, 3.63) is 24.6 Å². The van der Waals surface area contributed by atoms with Gasteiger partial charge >= 0.3 is 0 Å². The molecule has 2 aromatic heterocycles. The Hall–Kier alpha value is -2.08. The van der Waals surface area contributed by atoms with E-state index in [-0.39, 0.29) is 5.92 Å². The molecule has 0 atom stereocenters. The van der Waals surface area contributed by atoms with E-state index in [4.69, 9.17) is 9.15 Å². The Morgan fingerprint density at radius 1 is 1.13 bits per heavy atom. The van der Waals surface area contributed by atoms with Crippen LogP contribution in [0.5, 0.6) is 0 Å². The van der Waals surface area contributed by atoms with Crippen molar-refractivity contribution >= 4 is 22.7 Å². The highest BCUT2D eigenvalue weighted by atomic mass is 16.5. The largest absolute Gasteiger partial charge is 0.464 e. The minimum absolute atomic E-state index is 0.132. The summed E-state index contributed by atoms with van der Waals surface area (Å²) in [5.74, 6) is 1.39. The zero-order valence-corrected chi connectivity index (χ0v) is 13.1. The van der Waals surface area contributed by atoms with Gasteiger partial charge in [-0.25, -0.2) is 4.98 Å². The lowest BCUT2D eigenvalue weighted by atomic mass is 9.95. The van der Waals surface area contributed by atoms with Crippen molar-refractivity contribution in [2.45, 2.75) is 12.8 Å². The molecule has 0 N–H and O–H groups in total. The van der Waals surface area contributed by atoms with Gasteiger partial charge in [-0.1, -0.05) is 0 Å². The lowest BCUT2D eigenvalue weighted by Gasteiger charge is -2.36. The zero-order valence-electron chi connectivity index (χ0n) is 13.1. The van der Waals surface area contributed by atoms with Gasteiger partial charge in [-0.2, -0.15) is 0 Å². The number of furan rings is 1. The summed E-state index contributed by atoms with van der Waals surface area (Å²) >= 11 is 0. The number of rotatable bonds is 2. The maximum Gasteiger partial charge on any atom is 0.225 e. The molecule has 0 spiro atoms. The zero-order chi connectivity index (χ0) is 15.6. The number of morpholine rings is 1. The molecule has 4 rings (SSSR count). The third-order valence-electron chi connectivity index (χ3n) is 4.83. The van der Waals surface area contributed by atoms with E-state index in [1.165, 1.54) is 0 Å². The molecule has 1 amide bonds. The molecule has 23 heavy (non-hydrogen) atoms. The second kappa shape index (κ2) is 6.20. The lowest BCUT2D eigenvalue weighted by molar-refractivity contribution is -0.140. The molecule has 0 unspecified atom stereocenters. The summed E-state index contributed by atoms with van der Waals surface area (Å²) in [5.41, 5.74) is 0.863. The molecular weight excluding hydrogens is 294 g/mol. The number of piperidine rings is 1. The van der Waals surface area contributed by atoms with Crippen molar-refractivity contribution in [1.29, 1.82) is 0 Å². The van der Waals surface area contributed by atoms with E-state index < -0.39 is 0 Å². The molecule has 2 fully saturated rings. The van der Waals surface area contributed by atoms with E-state index >= 15 is 0 Å². The minimum Gasteiger partial charge on any atom is -0.464 e. The summed E-state index contributed by atoms with van der Waals surface area (Å²) in [5, 5.41) is 1.05. The molecule has 0 aliphatic carbocycles. The molecule has 0 radical (unpaired) electrons. The van der Waals surface area contributed by atoms with Gasteiger partial charge in [0.1, 0.15) is 11.4 Å². The van der Waals surface area contributed by atoms with Crippen LogP contribution in [0.25, 0.3) is 11.0 Å². The van der Waals surface area contributed by atoms with Gasteiger partial charge in [-0.3, -0.25) is 4.79 Å². The smallest absolute Gasteiger partial charge is 0.225 e. The van der Waals surface area contributed by atoms with Crippen LogP contribution in [0.4, 0.5) is 5.82 Å². The Labute approximate surface area is 135 Å². The third-order valence-corrected chi connectivity index (χ3v) is 4.83. The topological polar surface area (TPSA) is 58.8 Å². The Morgan fingerprint density at radius 3 is 2.70 bits per heavy atom. The van der Waals surface area contributed by atoms with Crippen molar-refractivity contribution in [2.24, 2.45) is 5.92 Å². The van der Waals surface area contributed by atoms with Crippen LogP contribution in [-0.4, -0.2) is 55.2 Å². The van der Waals surface area contributed by atoms with Crippen LogP contribution >= 0.6 is 0 Å². The summed E-state index contributed by atoms with van der Waals surface area (Å²) in [6.07, 6.45) is 5.24. The van der Waals surface area contributed by atoms with Gasteiger partial charge in [0.2, 0.25) is 5.91 Å². The molecule has 6 nitrogen and oxygen atoms in total. The Morgan fingerprint density at radius 2 is 1.91 bits per heavy atom. The molecule has 122 valence electrons. The van der Waals surface area contributed by atoms with E-state index in [0.29, 0.717) is 19.1 Å². The van der Waals surface area contributed by atoms with Crippen molar-refractivity contribution < 1.29 is 13.9 Å². The average molecular weight is 315 g/mol. The standard InChI is InChI=1S/C17H21N3O3/c21-17(20-8-11-22-12-9-20)13-2-6-19(7-3-13)16-14-4-10-23-15(14)1-5-18-16/h1,4-5,10,13H,2-3,6-9,11-12H2. The molecule has 4 heterocycles. The number of ether oxygens (including phenoxy) is 1. The minimum atomic E-state index is 0.132. The van der Waals surface area contributed by atoms with Crippen LogP contribution in [0.1, 0.15) is 12.8 Å². The molecule has 0 bridgehead atoms. The van der Waals surface area contributed by atoms with Crippen molar-refractivity contribution in [2.75, 3.05) is 44.3 Å². The van der Waals surface area contributed by atoms with Gasteiger partial charge in [0, 0.05) is 38.3 Å². The van der Waals surface area contributed by atoms with Gasteiger partial charge in [0.05, 0.1) is 24.9 Å². The predicted octanol–water partition coefficient (Wildman–Crippen LogP) is 1.90. The first-order chi connectivity index (χ1) is 11.3. The number of nitrogens with zero attached hydrogens (tertiary/aromatic N) is 3. The highest BCUT2D eigenvalue weighted by Crippen LogP contribution is 2.29. The molecule has 2 aromatic rings. The second-order valence-electron chi connectivity index (χ2n) is 6.17. The highest BCUT2D eigenvalue weighted by molar-refractivity contribution is 5.88. The van der Waals surface area contributed by atoms with Gasteiger partial charge in [0.15, 0.2) is 0 Å². The fourth-order valence-corrected chi connectivity index (χ4v) is 3.51. The first-order valence-corrected chi connectivity index (χ1v) is 8.26. The quantitative estimate of drug-likeness (QED) is 0.847. The number of anilines is 1. The number of carbonyl (C=O) groups is 1. The van der Waals surface area contributed by atoms with Gasteiger partial charge in [-0.15, -0.1) is 0 Å².